The van der Waals surface area contributed by atoms with Gasteiger partial charge in [0.25, 0.3) is 10.0 Å². The van der Waals surface area contributed by atoms with E-state index < -0.39 is 34.3 Å². The van der Waals surface area contributed by atoms with Crippen LogP contribution >= 0.6 is 0 Å². The fourth-order valence-electron chi connectivity index (χ4n) is 5.31. The number of hydrogen-bond donors (Lipinski definition) is 1. The first-order valence-corrected chi connectivity index (χ1v) is 16.0. The molecule has 1 atom stereocenters. The van der Waals surface area contributed by atoms with Gasteiger partial charge in [-0.25, -0.2) is 12.8 Å². The zero-order chi connectivity index (χ0) is 31.1. The SMILES string of the molecule is COc1ccc(C)cc1N(CC(=O)N(Cc1ccccc1F)C(C)C(=O)NC1CCCCC1)S(=O)(=O)c1ccc(C)cc1. The minimum atomic E-state index is -4.27. The van der Waals surface area contributed by atoms with Crippen molar-refractivity contribution in [3.05, 3.63) is 89.2 Å². The molecule has 1 aliphatic rings. The number of carbonyl (C=O) groups excluding carboxylic acids is 2. The Balaban J connectivity index is 1.74. The van der Waals surface area contributed by atoms with Crippen LogP contribution in [0.5, 0.6) is 5.75 Å². The number of hydrogen-bond acceptors (Lipinski definition) is 5. The molecule has 1 unspecified atom stereocenters. The second kappa shape index (κ2) is 14.0. The number of amides is 2. The monoisotopic (exact) mass is 609 g/mol. The van der Waals surface area contributed by atoms with Gasteiger partial charge in [-0.3, -0.25) is 13.9 Å². The first-order valence-electron chi connectivity index (χ1n) is 14.6. The number of nitrogens with zero attached hydrogens (tertiary/aromatic N) is 2. The summed E-state index contributed by atoms with van der Waals surface area (Å²) in [5, 5.41) is 3.05. The third kappa shape index (κ3) is 7.73. The standard InChI is InChI=1S/C33H40FN3O5S/c1-23-14-17-28(18-15-23)43(40,41)37(30-20-24(2)16-19-31(30)42-4)22-32(38)36(21-26-10-8-9-13-29(26)34)25(3)33(39)35-27-11-6-5-7-12-27/h8-10,13-20,25,27H,5-7,11-12,21-22H2,1-4H3,(H,35,39). The van der Waals surface area contributed by atoms with Crippen LogP contribution in [-0.2, 0) is 26.2 Å². The van der Waals surface area contributed by atoms with Crippen molar-refractivity contribution >= 4 is 27.5 Å². The van der Waals surface area contributed by atoms with Crippen molar-refractivity contribution in [2.24, 2.45) is 0 Å². The molecule has 1 fully saturated rings. The quantitative estimate of drug-likeness (QED) is 0.309. The van der Waals surface area contributed by atoms with Gasteiger partial charge in [-0.1, -0.05) is 61.2 Å². The van der Waals surface area contributed by atoms with E-state index >= 15 is 0 Å². The molecule has 2 amide bonds. The smallest absolute Gasteiger partial charge is 0.264 e. The summed E-state index contributed by atoms with van der Waals surface area (Å²) in [5.74, 6) is -1.28. The summed E-state index contributed by atoms with van der Waals surface area (Å²) in [6.45, 7) is 4.40. The Bertz CT molecular complexity index is 1540. The van der Waals surface area contributed by atoms with E-state index in [1.54, 1.807) is 55.5 Å². The zero-order valence-electron chi connectivity index (χ0n) is 25.2. The molecular weight excluding hydrogens is 569 g/mol. The molecular formula is C33H40FN3O5S. The van der Waals surface area contributed by atoms with Crippen LogP contribution in [0.15, 0.2) is 71.6 Å². The Morgan fingerprint density at radius 3 is 2.28 bits per heavy atom. The molecule has 3 aromatic rings. The third-order valence-corrected chi connectivity index (χ3v) is 9.68. The summed E-state index contributed by atoms with van der Waals surface area (Å²) in [5.41, 5.74) is 2.04. The number of benzene rings is 3. The first kappa shape index (κ1) is 32.0. The van der Waals surface area contributed by atoms with E-state index in [0.717, 1.165) is 47.5 Å². The topological polar surface area (TPSA) is 96.0 Å². The van der Waals surface area contributed by atoms with Gasteiger partial charge in [-0.15, -0.1) is 0 Å². The van der Waals surface area contributed by atoms with E-state index in [9.17, 15) is 22.4 Å². The summed E-state index contributed by atoms with van der Waals surface area (Å²) in [4.78, 5) is 28.9. The highest BCUT2D eigenvalue weighted by Crippen LogP contribution is 2.34. The van der Waals surface area contributed by atoms with E-state index in [0.29, 0.717) is 0 Å². The van der Waals surface area contributed by atoms with Gasteiger partial charge < -0.3 is 15.0 Å². The minimum absolute atomic E-state index is 0.00166. The maximum atomic E-state index is 14.8. The highest BCUT2D eigenvalue weighted by atomic mass is 32.2. The third-order valence-electron chi connectivity index (χ3n) is 7.91. The molecule has 10 heteroatoms. The molecule has 0 heterocycles. The van der Waals surface area contributed by atoms with E-state index in [-0.39, 0.29) is 40.4 Å². The second-order valence-electron chi connectivity index (χ2n) is 11.1. The summed E-state index contributed by atoms with van der Waals surface area (Å²) < 4.78 is 49.6. The molecule has 1 aliphatic carbocycles. The van der Waals surface area contributed by atoms with Crippen molar-refractivity contribution in [3.8, 4) is 5.75 Å². The molecule has 0 aliphatic heterocycles. The molecule has 0 saturated heterocycles. The molecule has 8 nitrogen and oxygen atoms in total. The van der Waals surface area contributed by atoms with E-state index in [1.165, 1.54) is 30.2 Å². The number of methoxy groups -OCH3 is 1. The number of rotatable bonds is 11. The molecule has 3 aromatic carbocycles. The molecule has 4 rings (SSSR count). The van der Waals surface area contributed by atoms with Crippen molar-refractivity contribution < 1.29 is 27.1 Å². The average Bonchev–Trinajstić information content (AvgIpc) is 2.99. The average molecular weight is 610 g/mol. The fourth-order valence-corrected chi connectivity index (χ4v) is 6.72. The van der Waals surface area contributed by atoms with Crippen LogP contribution < -0.4 is 14.4 Å². The lowest BCUT2D eigenvalue weighted by molar-refractivity contribution is -0.139. The number of nitrogens with one attached hydrogen (secondary N) is 1. The Morgan fingerprint density at radius 1 is 0.977 bits per heavy atom. The summed E-state index contributed by atoms with van der Waals surface area (Å²) >= 11 is 0. The van der Waals surface area contributed by atoms with Crippen molar-refractivity contribution in [3.63, 3.8) is 0 Å². The van der Waals surface area contributed by atoms with Gasteiger partial charge in [0.15, 0.2) is 0 Å². The van der Waals surface area contributed by atoms with E-state index in [4.69, 9.17) is 4.74 Å². The second-order valence-corrected chi connectivity index (χ2v) is 13.0. The number of ether oxygens (including phenoxy) is 1. The van der Waals surface area contributed by atoms with Gasteiger partial charge in [0.1, 0.15) is 24.2 Å². The van der Waals surface area contributed by atoms with Gasteiger partial charge in [-0.2, -0.15) is 0 Å². The fraction of sp³-hybridized carbons (Fsp3) is 0.394. The van der Waals surface area contributed by atoms with Crippen LogP contribution in [-0.4, -0.2) is 50.9 Å². The van der Waals surface area contributed by atoms with Gasteiger partial charge in [0.05, 0.1) is 17.7 Å². The lowest BCUT2D eigenvalue weighted by atomic mass is 9.95. The van der Waals surface area contributed by atoms with Crippen molar-refractivity contribution in [2.45, 2.75) is 76.4 Å². The first-order chi connectivity index (χ1) is 20.5. The van der Waals surface area contributed by atoms with Crippen LogP contribution in [0.25, 0.3) is 0 Å². The van der Waals surface area contributed by atoms with Crippen molar-refractivity contribution in [1.29, 1.82) is 0 Å². The highest BCUT2D eigenvalue weighted by molar-refractivity contribution is 7.92. The number of aryl methyl sites for hydroxylation is 2. The highest BCUT2D eigenvalue weighted by Gasteiger charge is 2.34. The van der Waals surface area contributed by atoms with E-state index in [2.05, 4.69) is 5.32 Å². The van der Waals surface area contributed by atoms with Crippen LogP contribution in [0.3, 0.4) is 0 Å². The van der Waals surface area contributed by atoms with Crippen molar-refractivity contribution in [2.75, 3.05) is 18.0 Å². The minimum Gasteiger partial charge on any atom is -0.495 e. The number of anilines is 1. The number of carbonyl (C=O) groups is 2. The van der Waals surface area contributed by atoms with Crippen LogP contribution in [0, 0.1) is 19.7 Å². The molecule has 0 radical (unpaired) electrons. The lowest BCUT2D eigenvalue weighted by Gasteiger charge is -2.33. The number of sulfonamides is 1. The predicted octanol–water partition coefficient (Wildman–Crippen LogP) is 5.51. The van der Waals surface area contributed by atoms with Crippen LogP contribution in [0.2, 0.25) is 0 Å². The molecule has 0 spiro atoms. The van der Waals surface area contributed by atoms with Gasteiger partial charge in [0, 0.05) is 18.2 Å². The van der Waals surface area contributed by atoms with E-state index in [1.807, 2.05) is 13.8 Å². The summed E-state index contributed by atoms with van der Waals surface area (Å²) in [6.07, 6.45) is 4.86. The Morgan fingerprint density at radius 2 is 1.63 bits per heavy atom. The normalized spacial score (nSPS) is 14.5. The molecule has 1 N–H and O–H groups in total. The Hall–Kier alpha value is -3.92. The molecule has 43 heavy (non-hydrogen) atoms. The Labute approximate surface area is 253 Å². The van der Waals surface area contributed by atoms with Crippen LogP contribution in [0.1, 0.15) is 55.7 Å². The molecule has 230 valence electrons. The molecule has 0 aromatic heterocycles. The van der Waals surface area contributed by atoms with Crippen LogP contribution in [0.4, 0.5) is 10.1 Å². The van der Waals surface area contributed by atoms with Gasteiger partial charge >= 0.3 is 0 Å². The Kier molecular flexibility index (Phi) is 10.4. The maximum absolute atomic E-state index is 14.8. The van der Waals surface area contributed by atoms with Crippen molar-refractivity contribution in [1.82, 2.24) is 10.2 Å². The summed E-state index contributed by atoms with van der Waals surface area (Å²) in [7, 11) is -2.84. The predicted molar refractivity (Wildman–Crippen MR) is 165 cm³/mol. The lowest BCUT2D eigenvalue weighted by Crippen LogP contribution is -2.53. The maximum Gasteiger partial charge on any atom is 0.264 e. The molecule has 1 saturated carbocycles. The largest absolute Gasteiger partial charge is 0.495 e. The van der Waals surface area contributed by atoms with Gasteiger partial charge in [-0.05, 0) is 69.5 Å². The summed E-state index contributed by atoms with van der Waals surface area (Å²) in [6, 6.07) is 16.5. The molecule has 0 bridgehead atoms. The van der Waals surface area contributed by atoms with Gasteiger partial charge in [0.2, 0.25) is 11.8 Å². The zero-order valence-corrected chi connectivity index (χ0v) is 26.0. The number of halogens is 1.